The van der Waals surface area contributed by atoms with Crippen molar-refractivity contribution in [2.75, 3.05) is 0 Å². The lowest BCUT2D eigenvalue weighted by molar-refractivity contribution is -0.123. The molecule has 1 aliphatic carbocycles. The van der Waals surface area contributed by atoms with Gasteiger partial charge in [0.2, 0.25) is 5.91 Å². The fourth-order valence-corrected chi connectivity index (χ4v) is 4.53. The van der Waals surface area contributed by atoms with Gasteiger partial charge in [0.05, 0.1) is 0 Å². The molecule has 1 N–H and O–H groups in total. The van der Waals surface area contributed by atoms with Gasteiger partial charge in [0.25, 0.3) is 0 Å². The maximum absolute atomic E-state index is 13.2. The summed E-state index contributed by atoms with van der Waals surface area (Å²) in [5, 5.41) is 3.30. The second-order valence-corrected chi connectivity index (χ2v) is 6.51. The van der Waals surface area contributed by atoms with Crippen LogP contribution in [0.3, 0.4) is 0 Å². The molecule has 1 aliphatic heterocycles. The molecule has 2 nitrogen and oxygen atoms in total. The molecule has 22 heavy (non-hydrogen) atoms. The number of hydrogen-bond acceptors (Lipinski definition) is 1. The summed E-state index contributed by atoms with van der Waals surface area (Å²) in [7, 11) is 0. The van der Waals surface area contributed by atoms with Crippen LogP contribution in [-0.4, -0.2) is 11.9 Å². The Hall–Kier alpha value is -2.09. The molecule has 1 saturated heterocycles. The van der Waals surface area contributed by atoms with Crippen LogP contribution in [0.25, 0.3) is 0 Å². The summed E-state index contributed by atoms with van der Waals surface area (Å²) >= 11 is 0. The van der Waals surface area contributed by atoms with Gasteiger partial charge in [-0.2, -0.15) is 0 Å². The van der Waals surface area contributed by atoms with E-state index in [2.05, 4.69) is 29.6 Å². The Labute approximate surface area is 131 Å². The minimum atomic E-state index is -0.520. The Bertz CT molecular complexity index is 625. The number of hydrogen-bond donors (Lipinski definition) is 1. The molecule has 2 heteroatoms. The molecule has 0 aromatic heterocycles. The zero-order valence-electron chi connectivity index (χ0n) is 12.7. The second kappa shape index (κ2) is 5.28. The zero-order chi connectivity index (χ0) is 15.0. The highest BCUT2D eigenvalue weighted by Crippen LogP contribution is 2.49. The molecule has 2 atom stereocenters. The molecule has 2 aromatic carbocycles. The fraction of sp³-hybridized carbons (Fsp3) is 0.350. The van der Waals surface area contributed by atoms with Crippen molar-refractivity contribution < 1.29 is 4.79 Å². The van der Waals surface area contributed by atoms with Crippen molar-refractivity contribution in [3.8, 4) is 0 Å². The van der Waals surface area contributed by atoms with Crippen molar-refractivity contribution in [2.45, 2.75) is 37.1 Å². The first-order valence-electron chi connectivity index (χ1n) is 8.25. The van der Waals surface area contributed by atoms with Gasteiger partial charge in [-0.25, -0.2) is 0 Å². The molecule has 2 unspecified atom stereocenters. The van der Waals surface area contributed by atoms with Crippen LogP contribution < -0.4 is 5.32 Å². The van der Waals surface area contributed by atoms with Crippen molar-refractivity contribution in [1.82, 2.24) is 5.32 Å². The van der Waals surface area contributed by atoms with Gasteiger partial charge in [-0.05, 0) is 24.0 Å². The van der Waals surface area contributed by atoms with Gasteiger partial charge < -0.3 is 5.32 Å². The average Bonchev–Trinajstić information content (AvgIpc) is 2.89. The first-order chi connectivity index (χ1) is 10.8. The fourth-order valence-electron chi connectivity index (χ4n) is 4.53. The molecular formula is C20H21NO. The quantitative estimate of drug-likeness (QED) is 0.899. The van der Waals surface area contributed by atoms with Crippen LogP contribution in [0.4, 0.5) is 0 Å². The van der Waals surface area contributed by atoms with Gasteiger partial charge in [-0.3, -0.25) is 4.79 Å². The monoisotopic (exact) mass is 291 g/mol. The first kappa shape index (κ1) is 13.6. The first-order valence-corrected chi connectivity index (χ1v) is 8.25. The van der Waals surface area contributed by atoms with Crippen molar-refractivity contribution in [3.63, 3.8) is 0 Å². The van der Waals surface area contributed by atoms with Crippen molar-refractivity contribution in [2.24, 2.45) is 5.92 Å². The normalized spacial score (nSPS) is 26.3. The van der Waals surface area contributed by atoms with Crippen LogP contribution >= 0.6 is 0 Å². The third kappa shape index (κ3) is 1.83. The van der Waals surface area contributed by atoms with Gasteiger partial charge in [-0.15, -0.1) is 0 Å². The summed E-state index contributed by atoms with van der Waals surface area (Å²) in [5.74, 6) is 0.542. The Morgan fingerprint density at radius 3 is 1.95 bits per heavy atom. The van der Waals surface area contributed by atoms with Crippen LogP contribution in [0.15, 0.2) is 60.7 Å². The van der Waals surface area contributed by atoms with Crippen molar-refractivity contribution in [3.05, 3.63) is 71.8 Å². The number of carbonyl (C=O) groups excluding carboxylic acids is 1. The summed E-state index contributed by atoms with van der Waals surface area (Å²) in [6, 6.07) is 21.0. The Morgan fingerprint density at radius 1 is 0.818 bits per heavy atom. The lowest BCUT2D eigenvalue weighted by atomic mass is 9.62. The maximum Gasteiger partial charge on any atom is 0.235 e. The SMILES string of the molecule is O=C1NC2CCCCC2C1(c1ccccc1)c1ccccc1. The summed E-state index contributed by atoms with van der Waals surface area (Å²) in [5.41, 5.74) is 1.74. The van der Waals surface area contributed by atoms with Gasteiger partial charge in [0.15, 0.2) is 0 Å². The minimum absolute atomic E-state index is 0.182. The Kier molecular flexibility index (Phi) is 3.25. The molecule has 1 saturated carbocycles. The maximum atomic E-state index is 13.2. The zero-order valence-corrected chi connectivity index (χ0v) is 12.7. The van der Waals surface area contributed by atoms with E-state index in [0.717, 1.165) is 24.0 Å². The third-order valence-corrected chi connectivity index (χ3v) is 5.46. The van der Waals surface area contributed by atoms with Crippen LogP contribution in [0.2, 0.25) is 0 Å². The van der Waals surface area contributed by atoms with Crippen molar-refractivity contribution >= 4 is 5.91 Å². The lowest BCUT2D eigenvalue weighted by Gasteiger charge is -2.37. The number of fused-ring (bicyclic) bond motifs is 1. The summed E-state index contributed by atoms with van der Waals surface area (Å²) < 4.78 is 0. The predicted molar refractivity (Wildman–Crippen MR) is 87.6 cm³/mol. The predicted octanol–water partition coefficient (Wildman–Crippen LogP) is 3.66. The van der Waals surface area contributed by atoms with Gasteiger partial charge in [0.1, 0.15) is 5.41 Å². The van der Waals surface area contributed by atoms with E-state index in [9.17, 15) is 4.79 Å². The van der Waals surface area contributed by atoms with E-state index in [1.165, 1.54) is 12.8 Å². The molecule has 2 fully saturated rings. The van der Waals surface area contributed by atoms with Crippen LogP contribution in [-0.2, 0) is 10.2 Å². The van der Waals surface area contributed by atoms with Crippen molar-refractivity contribution in [1.29, 1.82) is 0 Å². The molecule has 0 bridgehead atoms. The van der Waals surface area contributed by atoms with Gasteiger partial charge in [-0.1, -0.05) is 73.5 Å². The number of amides is 1. The number of rotatable bonds is 2. The summed E-state index contributed by atoms with van der Waals surface area (Å²) in [6.45, 7) is 0. The molecule has 1 amide bonds. The van der Waals surface area contributed by atoms with E-state index < -0.39 is 5.41 Å². The van der Waals surface area contributed by atoms with E-state index in [1.54, 1.807) is 0 Å². The molecule has 2 aromatic rings. The van der Waals surface area contributed by atoms with Gasteiger partial charge >= 0.3 is 0 Å². The smallest absolute Gasteiger partial charge is 0.235 e. The molecule has 112 valence electrons. The Morgan fingerprint density at radius 2 is 1.36 bits per heavy atom. The lowest BCUT2D eigenvalue weighted by Crippen LogP contribution is -2.41. The van der Waals surface area contributed by atoms with E-state index >= 15 is 0 Å². The number of nitrogens with one attached hydrogen (secondary N) is 1. The summed E-state index contributed by atoms with van der Waals surface area (Å²) in [6.07, 6.45) is 4.67. The van der Waals surface area contributed by atoms with Gasteiger partial charge in [0, 0.05) is 12.0 Å². The average molecular weight is 291 g/mol. The molecule has 4 rings (SSSR count). The molecule has 0 spiro atoms. The van der Waals surface area contributed by atoms with E-state index in [0.29, 0.717) is 12.0 Å². The van der Waals surface area contributed by atoms with Crippen LogP contribution in [0, 0.1) is 5.92 Å². The highest BCUT2D eigenvalue weighted by Gasteiger charge is 2.57. The summed E-state index contributed by atoms with van der Waals surface area (Å²) in [4.78, 5) is 13.2. The number of carbonyl (C=O) groups is 1. The highest BCUT2D eigenvalue weighted by atomic mass is 16.2. The van der Waals surface area contributed by atoms with E-state index in [-0.39, 0.29) is 5.91 Å². The van der Waals surface area contributed by atoms with Crippen LogP contribution in [0.5, 0.6) is 0 Å². The molecular weight excluding hydrogens is 270 g/mol. The van der Waals surface area contributed by atoms with E-state index in [1.807, 2.05) is 36.4 Å². The minimum Gasteiger partial charge on any atom is -0.352 e. The third-order valence-electron chi connectivity index (χ3n) is 5.46. The molecule has 2 aliphatic rings. The van der Waals surface area contributed by atoms with Crippen LogP contribution in [0.1, 0.15) is 36.8 Å². The Balaban J connectivity index is 1.95. The molecule has 1 heterocycles. The second-order valence-electron chi connectivity index (χ2n) is 6.51. The molecule has 0 radical (unpaired) electrons. The highest BCUT2D eigenvalue weighted by molar-refractivity contribution is 5.95. The number of benzene rings is 2. The largest absolute Gasteiger partial charge is 0.352 e. The topological polar surface area (TPSA) is 29.1 Å². The standard InChI is InChI=1S/C20H21NO/c22-19-20(15-9-3-1-4-10-15,16-11-5-2-6-12-16)17-13-7-8-14-18(17)21-19/h1-6,9-12,17-18H,7-8,13-14H2,(H,21,22). The van der Waals surface area contributed by atoms with E-state index in [4.69, 9.17) is 0 Å².